The van der Waals surface area contributed by atoms with E-state index in [1.54, 1.807) is 30.5 Å². The Hall–Kier alpha value is -2.91. The molecule has 1 heterocycles. The molecule has 152 valence electrons. The summed E-state index contributed by atoms with van der Waals surface area (Å²) in [5.74, 6) is -0.481. The Labute approximate surface area is 169 Å². The number of rotatable bonds is 7. The summed E-state index contributed by atoms with van der Waals surface area (Å²) in [5.41, 5.74) is 12.7. The van der Waals surface area contributed by atoms with E-state index in [9.17, 15) is 18.0 Å². The number of primary amides is 1. The first kappa shape index (κ1) is 20.8. The van der Waals surface area contributed by atoms with Gasteiger partial charge in [0.15, 0.2) is 5.13 Å². The molecular formula is C20H19F3N4OS. The monoisotopic (exact) mass is 420 g/mol. The number of nitrogens with zero attached hydrogens (tertiary/aromatic N) is 1. The van der Waals surface area contributed by atoms with Crippen molar-refractivity contribution in [2.45, 2.75) is 18.6 Å². The van der Waals surface area contributed by atoms with E-state index in [2.05, 4.69) is 10.3 Å². The number of nitrogens with two attached hydrogens (primary N) is 2. The second kappa shape index (κ2) is 8.62. The molecular weight excluding hydrogens is 401 g/mol. The van der Waals surface area contributed by atoms with Crippen molar-refractivity contribution in [2.24, 2.45) is 11.5 Å². The molecule has 0 aliphatic heterocycles. The molecule has 1 amide bonds. The lowest BCUT2D eigenvalue weighted by Gasteiger charge is -2.13. The van der Waals surface area contributed by atoms with E-state index < -0.39 is 17.6 Å². The van der Waals surface area contributed by atoms with Crippen LogP contribution in [0.3, 0.4) is 0 Å². The van der Waals surface area contributed by atoms with Crippen LogP contribution >= 0.6 is 11.3 Å². The molecule has 1 unspecified atom stereocenters. The third-order valence-electron chi connectivity index (χ3n) is 4.25. The van der Waals surface area contributed by atoms with Crippen LogP contribution in [0.5, 0.6) is 0 Å². The lowest BCUT2D eigenvalue weighted by molar-refractivity contribution is -0.137. The maximum Gasteiger partial charge on any atom is 0.416 e. The summed E-state index contributed by atoms with van der Waals surface area (Å²) < 4.78 is 37.8. The summed E-state index contributed by atoms with van der Waals surface area (Å²) in [7, 11) is 0. The summed E-state index contributed by atoms with van der Waals surface area (Å²) in [6.45, 7) is 0.425. The van der Waals surface area contributed by atoms with Crippen molar-refractivity contribution in [3.63, 3.8) is 0 Å². The molecule has 0 radical (unpaired) electrons. The van der Waals surface area contributed by atoms with Gasteiger partial charge in [-0.05, 0) is 41.8 Å². The molecule has 5 nitrogen and oxygen atoms in total. The second-order valence-corrected chi connectivity index (χ2v) is 7.54. The van der Waals surface area contributed by atoms with E-state index in [1.165, 1.54) is 23.5 Å². The highest BCUT2D eigenvalue weighted by atomic mass is 32.1. The normalized spacial score (nSPS) is 12.6. The van der Waals surface area contributed by atoms with Gasteiger partial charge in [-0.2, -0.15) is 13.2 Å². The molecule has 1 aromatic heterocycles. The number of benzene rings is 2. The van der Waals surface area contributed by atoms with Gasteiger partial charge < -0.3 is 16.8 Å². The van der Waals surface area contributed by atoms with Gasteiger partial charge in [0, 0.05) is 24.3 Å². The molecule has 2 aromatic carbocycles. The molecule has 1 atom stereocenters. The highest BCUT2D eigenvalue weighted by molar-refractivity contribution is 7.18. The Morgan fingerprint density at radius 3 is 2.34 bits per heavy atom. The minimum Gasteiger partial charge on any atom is -0.366 e. The molecule has 3 rings (SSSR count). The maximum atomic E-state index is 12.6. The fourth-order valence-corrected chi connectivity index (χ4v) is 3.54. The van der Waals surface area contributed by atoms with E-state index >= 15 is 0 Å². The van der Waals surface area contributed by atoms with Crippen molar-refractivity contribution in [3.8, 4) is 10.4 Å². The van der Waals surface area contributed by atoms with Gasteiger partial charge >= 0.3 is 6.18 Å². The minimum atomic E-state index is -4.34. The van der Waals surface area contributed by atoms with Gasteiger partial charge in [-0.1, -0.05) is 35.6 Å². The van der Waals surface area contributed by atoms with Gasteiger partial charge in [-0.15, -0.1) is 0 Å². The largest absolute Gasteiger partial charge is 0.416 e. The van der Waals surface area contributed by atoms with Crippen LogP contribution in [-0.2, 0) is 12.6 Å². The third-order valence-corrected chi connectivity index (χ3v) is 5.26. The molecule has 5 N–H and O–H groups in total. The molecule has 0 fully saturated rings. The highest BCUT2D eigenvalue weighted by Gasteiger charge is 2.29. The molecule has 3 aromatic rings. The number of aromatic nitrogens is 1. The molecule has 29 heavy (non-hydrogen) atoms. The molecule has 0 saturated heterocycles. The van der Waals surface area contributed by atoms with Crippen molar-refractivity contribution in [1.29, 1.82) is 0 Å². The predicted octanol–water partition coefficient (Wildman–Crippen LogP) is 3.91. The Kier molecular flexibility index (Phi) is 6.19. The molecule has 0 aliphatic rings. The first-order valence-corrected chi connectivity index (χ1v) is 9.55. The van der Waals surface area contributed by atoms with Gasteiger partial charge in [-0.3, -0.25) is 4.79 Å². The van der Waals surface area contributed by atoms with E-state index in [-0.39, 0.29) is 6.04 Å². The van der Waals surface area contributed by atoms with E-state index in [1.807, 2.05) is 0 Å². The Balaban J connectivity index is 1.54. The standard InChI is InChI=1S/C20H19F3N4OS/c21-20(22,23)15-7-1-12(2-8-15)9-16(24)10-26-19-27-11-17(29-19)13-3-5-14(6-4-13)18(25)28/h1-8,11,16H,9-10,24H2,(H2,25,28)(H,26,27). The number of halogens is 3. The van der Waals surface area contributed by atoms with Crippen molar-refractivity contribution in [3.05, 3.63) is 71.4 Å². The molecule has 0 spiro atoms. The van der Waals surface area contributed by atoms with E-state index in [0.29, 0.717) is 23.7 Å². The minimum absolute atomic E-state index is 0.283. The van der Waals surface area contributed by atoms with Gasteiger partial charge in [0.05, 0.1) is 10.4 Å². The van der Waals surface area contributed by atoms with Gasteiger partial charge in [0.25, 0.3) is 0 Å². The van der Waals surface area contributed by atoms with Crippen LogP contribution in [0.2, 0.25) is 0 Å². The van der Waals surface area contributed by atoms with Gasteiger partial charge in [-0.25, -0.2) is 4.98 Å². The number of carbonyl (C=O) groups is 1. The van der Waals surface area contributed by atoms with E-state index in [4.69, 9.17) is 11.5 Å². The number of hydrogen-bond donors (Lipinski definition) is 3. The Morgan fingerprint density at radius 1 is 1.10 bits per heavy atom. The van der Waals surface area contributed by atoms with Crippen LogP contribution in [0, 0.1) is 0 Å². The number of amides is 1. The lowest BCUT2D eigenvalue weighted by Crippen LogP contribution is -2.31. The smallest absolute Gasteiger partial charge is 0.366 e. The quantitative estimate of drug-likeness (QED) is 0.540. The fraction of sp³-hybridized carbons (Fsp3) is 0.200. The number of thiazole rings is 1. The Bertz CT molecular complexity index is 969. The Morgan fingerprint density at radius 2 is 1.76 bits per heavy atom. The van der Waals surface area contributed by atoms with Crippen molar-refractivity contribution < 1.29 is 18.0 Å². The van der Waals surface area contributed by atoms with Crippen molar-refractivity contribution in [2.75, 3.05) is 11.9 Å². The lowest BCUT2D eigenvalue weighted by atomic mass is 10.0. The van der Waals surface area contributed by atoms with Gasteiger partial charge in [0.1, 0.15) is 0 Å². The zero-order valence-corrected chi connectivity index (χ0v) is 16.1. The van der Waals surface area contributed by atoms with Crippen molar-refractivity contribution in [1.82, 2.24) is 4.98 Å². The average molecular weight is 420 g/mol. The number of anilines is 1. The third kappa shape index (κ3) is 5.55. The van der Waals surface area contributed by atoms with Crippen LogP contribution in [0.25, 0.3) is 10.4 Å². The number of carbonyl (C=O) groups excluding carboxylic acids is 1. The molecule has 0 bridgehead atoms. The van der Waals surface area contributed by atoms with Crippen LogP contribution in [0.1, 0.15) is 21.5 Å². The van der Waals surface area contributed by atoms with Crippen LogP contribution in [0.4, 0.5) is 18.3 Å². The van der Waals surface area contributed by atoms with Crippen LogP contribution < -0.4 is 16.8 Å². The summed E-state index contributed by atoms with van der Waals surface area (Å²) in [5, 5.41) is 3.83. The van der Waals surface area contributed by atoms with Gasteiger partial charge in [0.2, 0.25) is 5.91 Å². The summed E-state index contributed by atoms with van der Waals surface area (Å²) in [4.78, 5) is 16.4. The number of hydrogen-bond acceptors (Lipinski definition) is 5. The van der Waals surface area contributed by atoms with Crippen LogP contribution in [0.15, 0.2) is 54.7 Å². The number of alkyl halides is 3. The predicted molar refractivity (Wildman–Crippen MR) is 108 cm³/mol. The molecule has 9 heteroatoms. The first-order valence-electron chi connectivity index (χ1n) is 8.74. The summed E-state index contributed by atoms with van der Waals surface area (Å²) >= 11 is 1.43. The second-order valence-electron chi connectivity index (χ2n) is 6.51. The first-order chi connectivity index (χ1) is 13.7. The zero-order valence-electron chi connectivity index (χ0n) is 15.2. The fourth-order valence-electron chi connectivity index (χ4n) is 2.71. The van der Waals surface area contributed by atoms with Crippen LogP contribution in [-0.4, -0.2) is 23.5 Å². The number of nitrogens with one attached hydrogen (secondary N) is 1. The van der Waals surface area contributed by atoms with Crippen molar-refractivity contribution >= 4 is 22.4 Å². The summed E-state index contributed by atoms with van der Waals surface area (Å²) in [6.07, 6.45) is -2.18. The zero-order chi connectivity index (χ0) is 21.0. The maximum absolute atomic E-state index is 12.6. The topological polar surface area (TPSA) is 94.0 Å². The average Bonchev–Trinajstić information content (AvgIpc) is 3.15. The molecule has 0 saturated carbocycles. The highest BCUT2D eigenvalue weighted by Crippen LogP contribution is 2.30. The molecule has 0 aliphatic carbocycles. The van der Waals surface area contributed by atoms with E-state index in [0.717, 1.165) is 28.1 Å². The SMILES string of the molecule is NC(=O)c1ccc(-c2cnc(NCC(N)Cc3ccc(C(F)(F)F)cc3)s2)cc1. The summed E-state index contributed by atoms with van der Waals surface area (Å²) in [6, 6.07) is 11.6.